The van der Waals surface area contributed by atoms with Crippen LogP contribution in [0.4, 0.5) is 0 Å². The lowest BCUT2D eigenvalue weighted by Gasteiger charge is -2.39. The fourth-order valence-electron chi connectivity index (χ4n) is 3.35. The third kappa shape index (κ3) is 3.26. The summed E-state index contributed by atoms with van der Waals surface area (Å²) in [6, 6.07) is 2.80. The zero-order valence-electron chi connectivity index (χ0n) is 15.5. The standard InChI is InChI=1S/C19H18O12/c20-4-11-14(26)15(27)16(28)19(30-11)31-18-13(25)9(23)2-6-12(24)5-1-7(21)8(22)3-10(5)29-17(6)18/h1-3,11,14-16,19-23,25-28H,4H2/t11-,14-,15+,16-,19+/m1/s1. The summed E-state index contributed by atoms with van der Waals surface area (Å²) in [5.74, 6) is -3.50. The number of phenols is 4. The minimum absolute atomic E-state index is 0.147. The van der Waals surface area contributed by atoms with E-state index >= 15 is 0 Å². The Balaban J connectivity index is 1.90. The van der Waals surface area contributed by atoms with Crippen LogP contribution in [0, 0.1) is 0 Å². The molecule has 1 aromatic heterocycles. The fraction of sp³-hybridized carbons (Fsp3) is 0.316. The quantitative estimate of drug-likeness (QED) is 0.182. The second-order valence-electron chi connectivity index (χ2n) is 7.03. The highest BCUT2D eigenvalue weighted by atomic mass is 16.7. The summed E-state index contributed by atoms with van der Waals surface area (Å²) in [4.78, 5) is 12.8. The van der Waals surface area contributed by atoms with E-state index in [2.05, 4.69) is 0 Å². The van der Waals surface area contributed by atoms with Gasteiger partial charge in [-0.3, -0.25) is 4.79 Å². The number of aliphatic hydroxyl groups excluding tert-OH is 4. The van der Waals surface area contributed by atoms with Crippen molar-refractivity contribution in [2.24, 2.45) is 0 Å². The minimum atomic E-state index is -1.84. The molecule has 4 rings (SSSR count). The van der Waals surface area contributed by atoms with Crippen molar-refractivity contribution in [1.82, 2.24) is 0 Å². The van der Waals surface area contributed by atoms with Crippen LogP contribution in [0.2, 0.25) is 0 Å². The Morgan fingerprint density at radius 3 is 2.19 bits per heavy atom. The van der Waals surface area contributed by atoms with E-state index in [-0.39, 0.29) is 16.4 Å². The number of ether oxygens (including phenoxy) is 2. The van der Waals surface area contributed by atoms with E-state index in [0.29, 0.717) is 0 Å². The van der Waals surface area contributed by atoms with Crippen molar-refractivity contribution in [2.75, 3.05) is 6.61 Å². The molecule has 0 radical (unpaired) electrons. The Morgan fingerprint density at radius 2 is 1.52 bits per heavy atom. The van der Waals surface area contributed by atoms with Crippen LogP contribution in [-0.2, 0) is 4.74 Å². The van der Waals surface area contributed by atoms with Gasteiger partial charge in [0.15, 0.2) is 22.8 Å². The maximum Gasteiger partial charge on any atom is 0.229 e. The third-order valence-electron chi connectivity index (χ3n) is 5.05. The summed E-state index contributed by atoms with van der Waals surface area (Å²) >= 11 is 0. The van der Waals surface area contributed by atoms with Crippen LogP contribution in [0.3, 0.4) is 0 Å². The molecule has 0 aliphatic carbocycles. The van der Waals surface area contributed by atoms with Gasteiger partial charge in [0.2, 0.25) is 23.2 Å². The molecule has 1 saturated heterocycles. The van der Waals surface area contributed by atoms with Crippen molar-refractivity contribution in [3.8, 4) is 28.7 Å². The molecule has 166 valence electrons. The molecular weight excluding hydrogens is 420 g/mol. The summed E-state index contributed by atoms with van der Waals surface area (Å²) in [6.07, 6.45) is -8.36. The normalized spacial score (nSPS) is 26.4. The summed E-state index contributed by atoms with van der Waals surface area (Å²) in [5, 5.41) is 78.5. The summed E-state index contributed by atoms with van der Waals surface area (Å²) in [7, 11) is 0. The largest absolute Gasteiger partial charge is 0.504 e. The average Bonchev–Trinajstić information content (AvgIpc) is 2.74. The van der Waals surface area contributed by atoms with E-state index in [1.165, 1.54) is 0 Å². The van der Waals surface area contributed by atoms with Crippen molar-refractivity contribution >= 4 is 21.9 Å². The Hall–Kier alpha value is -3.29. The predicted molar refractivity (Wildman–Crippen MR) is 101 cm³/mol. The van der Waals surface area contributed by atoms with Gasteiger partial charge in [0.05, 0.1) is 17.4 Å². The molecule has 1 aliphatic rings. The Labute approximate surface area is 172 Å². The smallest absolute Gasteiger partial charge is 0.229 e. The van der Waals surface area contributed by atoms with Crippen LogP contribution in [0.5, 0.6) is 28.7 Å². The van der Waals surface area contributed by atoms with Crippen LogP contribution < -0.4 is 10.2 Å². The number of fused-ring (bicyclic) bond motifs is 2. The van der Waals surface area contributed by atoms with Gasteiger partial charge in [-0.15, -0.1) is 0 Å². The molecule has 0 spiro atoms. The van der Waals surface area contributed by atoms with Crippen LogP contribution >= 0.6 is 0 Å². The highest BCUT2D eigenvalue weighted by molar-refractivity contribution is 5.96. The Bertz CT molecular complexity index is 1220. The highest BCUT2D eigenvalue weighted by Crippen LogP contribution is 2.44. The molecule has 3 aromatic rings. The van der Waals surface area contributed by atoms with Gasteiger partial charge >= 0.3 is 0 Å². The van der Waals surface area contributed by atoms with Crippen LogP contribution in [0.1, 0.15) is 0 Å². The van der Waals surface area contributed by atoms with Crippen LogP contribution in [0.15, 0.2) is 27.4 Å². The molecule has 2 aromatic carbocycles. The van der Waals surface area contributed by atoms with E-state index in [1.54, 1.807) is 0 Å². The maximum absolute atomic E-state index is 12.8. The maximum atomic E-state index is 12.8. The molecule has 1 fully saturated rings. The molecule has 31 heavy (non-hydrogen) atoms. The van der Waals surface area contributed by atoms with E-state index in [0.717, 1.165) is 18.2 Å². The molecule has 2 heterocycles. The lowest BCUT2D eigenvalue weighted by atomic mass is 9.99. The van der Waals surface area contributed by atoms with Crippen molar-refractivity contribution in [2.45, 2.75) is 30.7 Å². The van der Waals surface area contributed by atoms with Gasteiger partial charge in [-0.25, -0.2) is 0 Å². The molecule has 0 amide bonds. The van der Waals surface area contributed by atoms with Crippen LogP contribution in [0.25, 0.3) is 21.9 Å². The van der Waals surface area contributed by atoms with E-state index in [1.807, 2.05) is 0 Å². The lowest BCUT2D eigenvalue weighted by Crippen LogP contribution is -2.60. The minimum Gasteiger partial charge on any atom is -0.504 e. The molecule has 0 bridgehead atoms. The zero-order chi connectivity index (χ0) is 22.6. The Kier molecular flexibility index (Phi) is 5.03. The van der Waals surface area contributed by atoms with E-state index in [4.69, 9.17) is 13.9 Å². The SMILES string of the molecule is O=c1c2cc(O)c(O)cc2oc2c(O[C@@H]3O[C@H](CO)[C@@H](O)[C@H](O)[C@H]3O)c(O)c(O)cc12. The molecule has 12 nitrogen and oxygen atoms in total. The van der Waals surface area contributed by atoms with E-state index < -0.39 is 77.1 Å². The first kappa shape index (κ1) is 21.0. The van der Waals surface area contributed by atoms with Gasteiger partial charge in [0.25, 0.3) is 0 Å². The summed E-state index contributed by atoms with van der Waals surface area (Å²) in [5.41, 5.74) is -1.35. The number of hydrogen-bond donors (Lipinski definition) is 8. The number of aromatic hydroxyl groups is 4. The Morgan fingerprint density at radius 1 is 0.871 bits per heavy atom. The van der Waals surface area contributed by atoms with Crippen molar-refractivity contribution in [3.05, 3.63) is 28.4 Å². The molecule has 8 N–H and O–H groups in total. The molecule has 0 unspecified atom stereocenters. The fourth-order valence-corrected chi connectivity index (χ4v) is 3.35. The number of aliphatic hydroxyl groups is 4. The number of benzene rings is 2. The topological polar surface area (TPSA) is 211 Å². The van der Waals surface area contributed by atoms with Gasteiger partial charge in [0.1, 0.15) is 30.0 Å². The second-order valence-corrected chi connectivity index (χ2v) is 7.03. The van der Waals surface area contributed by atoms with Crippen LogP contribution in [-0.4, -0.2) is 78.2 Å². The summed E-state index contributed by atoms with van der Waals surface area (Å²) < 4.78 is 16.1. The first-order valence-electron chi connectivity index (χ1n) is 8.98. The van der Waals surface area contributed by atoms with Gasteiger partial charge in [-0.05, 0) is 12.1 Å². The first-order chi connectivity index (χ1) is 14.6. The van der Waals surface area contributed by atoms with Crippen molar-refractivity contribution in [1.29, 1.82) is 0 Å². The molecule has 0 saturated carbocycles. The molecular formula is C19H18O12. The summed E-state index contributed by atoms with van der Waals surface area (Å²) in [6.45, 7) is -0.736. The highest BCUT2D eigenvalue weighted by Gasteiger charge is 2.45. The van der Waals surface area contributed by atoms with Gasteiger partial charge in [-0.2, -0.15) is 0 Å². The monoisotopic (exact) mass is 438 g/mol. The van der Waals surface area contributed by atoms with Crippen molar-refractivity contribution in [3.63, 3.8) is 0 Å². The predicted octanol–water partition coefficient (Wildman–Crippen LogP) is -1.05. The number of hydrogen-bond acceptors (Lipinski definition) is 12. The van der Waals surface area contributed by atoms with Gasteiger partial charge in [-0.1, -0.05) is 0 Å². The molecule has 12 heteroatoms. The zero-order valence-corrected chi connectivity index (χ0v) is 15.5. The molecule has 1 aliphatic heterocycles. The van der Waals surface area contributed by atoms with Gasteiger partial charge in [0, 0.05) is 6.07 Å². The lowest BCUT2D eigenvalue weighted by molar-refractivity contribution is -0.277. The number of rotatable bonds is 3. The average molecular weight is 438 g/mol. The number of phenolic OH excluding ortho intramolecular Hbond substituents is 4. The third-order valence-corrected chi connectivity index (χ3v) is 5.05. The van der Waals surface area contributed by atoms with E-state index in [9.17, 15) is 45.6 Å². The molecule has 5 atom stereocenters. The second kappa shape index (κ2) is 7.44. The van der Waals surface area contributed by atoms with Gasteiger partial charge < -0.3 is 54.7 Å². The van der Waals surface area contributed by atoms with Crippen molar-refractivity contribution < 1.29 is 54.7 Å². The first-order valence-corrected chi connectivity index (χ1v) is 8.98.